The van der Waals surface area contributed by atoms with Crippen molar-refractivity contribution in [1.82, 2.24) is 0 Å². The summed E-state index contributed by atoms with van der Waals surface area (Å²) >= 11 is 0. The highest BCUT2D eigenvalue weighted by Gasteiger charge is 2.45. The Kier molecular flexibility index (Phi) is 9.67. The van der Waals surface area contributed by atoms with Gasteiger partial charge in [-0.15, -0.1) is 0 Å². The number of hydrogen-bond acceptors (Lipinski definition) is 6. The van der Waals surface area contributed by atoms with Gasteiger partial charge in [0.1, 0.15) is 37.9 Å². The van der Waals surface area contributed by atoms with E-state index in [9.17, 15) is 9.59 Å². The first-order chi connectivity index (χ1) is 28.1. The van der Waals surface area contributed by atoms with Crippen molar-refractivity contribution in [2.45, 2.75) is 5.41 Å². The van der Waals surface area contributed by atoms with Crippen LogP contribution in [0.2, 0.25) is 0 Å². The van der Waals surface area contributed by atoms with Gasteiger partial charge in [0.25, 0.3) is 0 Å². The molecule has 0 saturated carbocycles. The van der Waals surface area contributed by atoms with Gasteiger partial charge in [0.15, 0.2) is 0 Å². The number of esters is 2. The van der Waals surface area contributed by atoms with Gasteiger partial charge < -0.3 is 18.9 Å². The second-order valence-corrected chi connectivity index (χ2v) is 14.0. The molecule has 0 bridgehead atoms. The fraction of sp³-hybridized carbons (Fsp3) is 0.0980. The van der Waals surface area contributed by atoms with E-state index < -0.39 is 5.41 Å². The van der Waals surface area contributed by atoms with Crippen LogP contribution in [0, 0.1) is 0 Å². The molecule has 0 aromatic heterocycles. The summed E-state index contributed by atoms with van der Waals surface area (Å²) in [6.45, 7) is 0.692. The third kappa shape index (κ3) is 6.87. The van der Waals surface area contributed by atoms with Gasteiger partial charge in [-0.2, -0.15) is 0 Å². The fourth-order valence-electron chi connectivity index (χ4n) is 8.01. The van der Waals surface area contributed by atoms with Crippen LogP contribution >= 0.6 is 0 Å². The molecule has 8 aromatic rings. The van der Waals surface area contributed by atoms with E-state index in [0.29, 0.717) is 22.6 Å². The first-order valence-electron chi connectivity index (χ1n) is 19.1. The van der Waals surface area contributed by atoms with Gasteiger partial charge in [-0.1, -0.05) is 133 Å². The van der Waals surface area contributed by atoms with E-state index in [1.54, 1.807) is 12.1 Å². The van der Waals surface area contributed by atoms with Gasteiger partial charge in [0.2, 0.25) is 0 Å². The molecule has 0 spiro atoms. The smallest absolute Gasteiger partial charge is 0.338 e. The first kappa shape index (κ1) is 35.5. The summed E-state index contributed by atoms with van der Waals surface area (Å²) in [4.78, 5) is 25.5. The minimum absolute atomic E-state index is 0.124. The summed E-state index contributed by atoms with van der Waals surface area (Å²) in [6.07, 6.45) is 0. The highest BCUT2D eigenvalue weighted by Crippen LogP contribution is 2.56. The molecular weight excluding hydrogens is 709 g/mol. The van der Waals surface area contributed by atoms with E-state index in [0.717, 1.165) is 32.7 Å². The Morgan fingerprint density at radius 2 is 0.772 bits per heavy atom. The first-order valence-corrected chi connectivity index (χ1v) is 19.1. The lowest BCUT2D eigenvalue weighted by molar-refractivity contribution is 0.0443. The van der Waals surface area contributed by atoms with Crippen molar-refractivity contribution in [3.05, 3.63) is 215 Å². The van der Waals surface area contributed by atoms with Crippen molar-refractivity contribution in [3.8, 4) is 22.6 Å². The third-order valence-corrected chi connectivity index (χ3v) is 10.7. The number of carbonyl (C=O) groups is 2. The highest BCUT2D eigenvalue weighted by molar-refractivity contribution is 5.96. The lowest BCUT2D eigenvalue weighted by Crippen LogP contribution is -2.28. The normalized spacial score (nSPS) is 12.4. The van der Waals surface area contributed by atoms with Crippen molar-refractivity contribution >= 4 is 33.5 Å². The second-order valence-electron chi connectivity index (χ2n) is 14.0. The maximum Gasteiger partial charge on any atom is 0.338 e. The molecular formula is C51H38O6. The Morgan fingerprint density at radius 3 is 1.21 bits per heavy atom. The monoisotopic (exact) mass is 746 g/mol. The van der Waals surface area contributed by atoms with Gasteiger partial charge >= 0.3 is 11.9 Å². The molecule has 0 amide bonds. The van der Waals surface area contributed by atoms with E-state index in [4.69, 9.17) is 18.9 Å². The summed E-state index contributed by atoms with van der Waals surface area (Å²) in [5.74, 6) is 0.606. The van der Waals surface area contributed by atoms with Crippen LogP contribution in [-0.4, -0.2) is 38.4 Å². The number of carbonyl (C=O) groups excluding carboxylic acids is 2. The lowest BCUT2D eigenvalue weighted by Gasteiger charge is -2.34. The molecule has 9 rings (SSSR count). The molecule has 0 aliphatic heterocycles. The summed E-state index contributed by atoms with van der Waals surface area (Å²) < 4.78 is 23.2. The minimum Gasteiger partial charge on any atom is -0.490 e. The van der Waals surface area contributed by atoms with E-state index in [2.05, 4.69) is 72.8 Å². The largest absolute Gasteiger partial charge is 0.490 e. The Bertz CT molecular complexity index is 2540. The van der Waals surface area contributed by atoms with E-state index in [1.807, 2.05) is 97.1 Å². The minimum atomic E-state index is -0.602. The number of rotatable bonds is 12. The van der Waals surface area contributed by atoms with Gasteiger partial charge in [0.05, 0.1) is 16.5 Å². The van der Waals surface area contributed by atoms with Crippen LogP contribution in [0.4, 0.5) is 0 Å². The third-order valence-electron chi connectivity index (χ3n) is 10.7. The number of fused-ring (bicyclic) bond motifs is 5. The molecule has 0 radical (unpaired) electrons. The highest BCUT2D eigenvalue weighted by atomic mass is 16.6. The van der Waals surface area contributed by atoms with E-state index in [-0.39, 0.29) is 38.4 Å². The predicted octanol–water partition coefficient (Wildman–Crippen LogP) is 10.8. The maximum absolute atomic E-state index is 12.8. The molecule has 57 heavy (non-hydrogen) atoms. The quantitative estimate of drug-likeness (QED) is 0.0916. The van der Waals surface area contributed by atoms with Crippen molar-refractivity contribution < 1.29 is 28.5 Å². The Labute approximate surface area is 330 Å². The topological polar surface area (TPSA) is 71.1 Å². The summed E-state index contributed by atoms with van der Waals surface area (Å²) in [5.41, 5.74) is 7.36. The van der Waals surface area contributed by atoms with Crippen molar-refractivity contribution in [2.24, 2.45) is 0 Å². The standard InChI is InChI=1S/C51H38O6/c52-49(39-19-17-35-9-1-3-11-37(35)33-39)56-31-29-54-43-25-21-41(22-26-43)51(47-15-7-5-13-45(47)46-14-6-8-16-48(46)51)42-23-27-44(28-24-42)55-30-32-57-50(53)40-20-18-36-10-2-4-12-38(36)34-40/h1-28,33-34H,29-32H2. The van der Waals surface area contributed by atoms with Crippen LogP contribution < -0.4 is 9.47 Å². The van der Waals surface area contributed by atoms with Crippen molar-refractivity contribution in [3.63, 3.8) is 0 Å². The van der Waals surface area contributed by atoms with E-state index in [1.165, 1.54) is 22.3 Å². The molecule has 8 aromatic carbocycles. The molecule has 0 atom stereocenters. The zero-order valence-electron chi connectivity index (χ0n) is 31.1. The second kappa shape index (κ2) is 15.5. The molecule has 0 saturated heterocycles. The van der Waals surface area contributed by atoms with Gasteiger partial charge in [-0.25, -0.2) is 9.59 Å². The number of ether oxygens (including phenoxy) is 4. The molecule has 0 unspecified atom stereocenters. The molecule has 6 heteroatoms. The molecule has 1 aliphatic carbocycles. The predicted molar refractivity (Wildman–Crippen MR) is 223 cm³/mol. The van der Waals surface area contributed by atoms with Crippen molar-refractivity contribution in [2.75, 3.05) is 26.4 Å². The average Bonchev–Trinajstić information content (AvgIpc) is 3.57. The summed E-state index contributed by atoms with van der Waals surface area (Å²) in [6, 6.07) is 60.4. The number of benzene rings is 8. The Balaban J connectivity index is 0.896. The molecule has 0 heterocycles. The SMILES string of the molecule is O=C(OCCOc1ccc(C2(c3ccc(OCCOC(=O)c4ccc5ccccc5c4)cc3)c3ccccc3-c3ccccc32)cc1)c1ccc2ccccc2c1. The van der Waals surface area contributed by atoms with Crippen LogP contribution in [0.25, 0.3) is 32.7 Å². The lowest BCUT2D eigenvalue weighted by atomic mass is 9.68. The zero-order chi connectivity index (χ0) is 38.6. The Morgan fingerprint density at radius 1 is 0.386 bits per heavy atom. The average molecular weight is 747 g/mol. The van der Waals surface area contributed by atoms with Gasteiger partial charge in [-0.05, 0) is 103 Å². The molecule has 0 fully saturated rings. The van der Waals surface area contributed by atoms with Gasteiger partial charge in [0, 0.05) is 0 Å². The van der Waals surface area contributed by atoms with Crippen LogP contribution in [0.15, 0.2) is 182 Å². The zero-order valence-corrected chi connectivity index (χ0v) is 31.1. The molecule has 0 N–H and O–H groups in total. The van der Waals surface area contributed by atoms with Crippen LogP contribution in [0.5, 0.6) is 11.5 Å². The van der Waals surface area contributed by atoms with Crippen LogP contribution in [0.1, 0.15) is 43.0 Å². The maximum atomic E-state index is 12.8. The Hall–Kier alpha value is -7.18. The number of hydrogen-bond donors (Lipinski definition) is 0. The van der Waals surface area contributed by atoms with Crippen molar-refractivity contribution in [1.29, 1.82) is 0 Å². The van der Waals surface area contributed by atoms with E-state index >= 15 is 0 Å². The molecule has 6 nitrogen and oxygen atoms in total. The van der Waals surface area contributed by atoms with Crippen LogP contribution in [-0.2, 0) is 14.9 Å². The van der Waals surface area contributed by atoms with Crippen LogP contribution in [0.3, 0.4) is 0 Å². The van der Waals surface area contributed by atoms with Gasteiger partial charge in [-0.3, -0.25) is 0 Å². The molecule has 278 valence electrons. The summed E-state index contributed by atoms with van der Waals surface area (Å²) in [5, 5.41) is 4.13. The fourth-order valence-corrected chi connectivity index (χ4v) is 8.01. The molecule has 1 aliphatic rings. The summed E-state index contributed by atoms with van der Waals surface area (Å²) in [7, 11) is 0.